The van der Waals surface area contributed by atoms with Gasteiger partial charge in [0.1, 0.15) is 18.3 Å². The summed E-state index contributed by atoms with van der Waals surface area (Å²) in [4.78, 5) is 12.8. The fourth-order valence-electron chi connectivity index (χ4n) is 5.67. The maximum Gasteiger partial charge on any atom is 0.330 e. The molecule has 9 atom stereocenters. The van der Waals surface area contributed by atoms with Gasteiger partial charge in [0.25, 0.3) is 0 Å². The van der Waals surface area contributed by atoms with Crippen molar-refractivity contribution in [1.82, 2.24) is 0 Å². The second-order valence-corrected chi connectivity index (χ2v) is 11.2. The molecule has 0 saturated carbocycles. The minimum Gasteiger partial charge on any atom is -0.456 e. The zero-order valence-corrected chi connectivity index (χ0v) is 23.0. The number of rotatable bonds is 4. The van der Waals surface area contributed by atoms with Crippen molar-refractivity contribution in [2.75, 3.05) is 13.7 Å². The molecule has 38 heavy (non-hydrogen) atoms. The van der Waals surface area contributed by atoms with Crippen LogP contribution in [0.5, 0.6) is 0 Å². The van der Waals surface area contributed by atoms with Crippen molar-refractivity contribution in [3.63, 3.8) is 0 Å². The summed E-state index contributed by atoms with van der Waals surface area (Å²) >= 11 is 0. The zero-order chi connectivity index (χ0) is 27.1. The summed E-state index contributed by atoms with van der Waals surface area (Å²) in [6.45, 7) is 9.11. The van der Waals surface area contributed by atoms with Crippen LogP contribution in [0.2, 0.25) is 0 Å². The highest BCUT2D eigenvalue weighted by Crippen LogP contribution is 2.35. The Balaban J connectivity index is 1.47. The lowest BCUT2D eigenvalue weighted by atomic mass is 9.91. The molecule has 4 aliphatic rings. The zero-order valence-electron chi connectivity index (χ0n) is 23.0. The molecule has 7 nitrogen and oxygen atoms in total. The standard InChI is InChI=1S/C31H44O7/c1-20-13-14-35-24(16-20)11-12-27(34-4)28-19-29-31(38-29)26(32)18-22(3)15-21(2)17-25-9-5-7-23(36-25)8-6-10-30(33)37-28/h5-7,10-13,21,23-29,31-32H,3,8-9,14-19H2,1-2,4H3. The molecular weight excluding hydrogens is 484 g/mol. The summed E-state index contributed by atoms with van der Waals surface area (Å²) in [6.07, 6.45) is 16.3. The van der Waals surface area contributed by atoms with Crippen LogP contribution in [0.25, 0.3) is 0 Å². The first-order valence-corrected chi connectivity index (χ1v) is 14.0. The number of fused-ring (bicyclic) bond motifs is 3. The van der Waals surface area contributed by atoms with Gasteiger partial charge in [-0.2, -0.15) is 0 Å². The highest BCUT2D eigenvalue weighted by molar-refractivity contribution is 5.82. The van der Waals surface area contributed by atoms with Crippen LogP contribution < -0.4 is 0 Å². The maximum atomic E-state index is 12.8. The summed E-state index contributed by atoms with van der Waals surface area (Å²) in [7, 11) is 1.60. The largest absolute Gasteiger partial charge is 0.456 e. The highest BCUT2D eigenvalue weighted by atomic mass is 16.6. The highest BCUT2D eigenvalue weighted by Gasteiger charge is 2.47. The molecule has 0 aromatic heterocycles. The fourth-order valence-corrected chi connectivity index (χ4v) is 5.67. The van der Waals surface area contributed by atoms with Crippen LogP contribution in [-0.4, -0.2) is 73.6 Å². The first-order valence-electron chi connectivity index (χ1n) is 14.0. The molecule has 1 saturated heterocycles. The Hall–Kier alpha value is -2.03. The van der Waals surface area contributed by atoms with Gasteiger partial charge in [-0.15, -0.1) is 0 Å². The quantitative estimate of drug-likeness (QED) is 0.320. The Bertz CT molecular complexity index is 935. The van der Waals surface area contributed by atoms with Crippen LogP contribution in [0.3, 0.4) is 0 Å². The van der Waals surface area contributed by atoms with E-state index in [0.29, 0.717) is 31.8 Å². The molecule has 210 valence electrons. The Kier molecular flexibility index (Phi) is 10.6. The second-order valence-electron chi connectivity index (χ2n) is 11.2. The Morgan fingerprint density at radius 1 is 1.16 bits per heavy atom. The Morgan fingerprint density at radius 3 is 2.79 bits per heavy atom. The third-order valence-corrected chi connectivity index (χ3v) is 7.69. The number of methoxy groups -OCH3 is 1. The van der Waals surface area contributed by atoms with Crippen molar-refractivity contribution in [3.8, 4) is 0 Å². The fraction of sp³-hybridized carbons (Fsp3) is 0.645. The predicted molar refractivity (Wildman–Crippen MR) is 146 cm³/mol. The van der Waals surface area contributed by atoms with Crippen molar-refractivity contribution < 1.29 is 33.6 Å². The third-order valence-electron chi connectivity index (χ3n) is 7.69. The van der Waals surface area contributed by atoms with Crippen molar-refractivity contribution >= 4 is 5.97 Å². The van der Waals surface area contributed by atoms with Gasteiger partial charge in [-0.25, -0.2) is 4.79 Å². The first-order chi connectivity index (χ1) is 18.3. The van der Waals surface area contributed by atoms with E-state index in [0.717, 1.165) is 31.3 Å². The molecule has 0 radical (unpaired) electrons. The van der Waals surface area contributed by atoms with Crippen LogP contribution >= 0.6 is 0 Å². The van der Waals surface area contributed by atoms with E-state index >= 15 is 0 Å². The third kappa shape index (κ3) is 8.75. The molecule has 0 aliphatic carbocycles. The molecule has 1 N–H and O–H groups in total. The molecule has 4 aliphatic heterocycles. The Morgan fingerprint density at radius 2 is 2.00 bits per heavy atom. The van der Waals surface area contributed by atoms with E-state index in [4.69, 9.17) is 23.7 Å². The van der Waals surface area contributed by atoms with Crippen LogP contribution in [0.4, 0.5) is 0 Å². The number of carbonyl (C=O) groups excluding carboxylic acids is 1. The monoisotopic (exact) mass is 528 g/mol. The SMILES string of the molecule is C=C1CC(C)CC2CC=CC(CC=CC(=O)OC(C(C=CC3CC(C)=CCO3)OC)CC3OC3C(O)C1)O2. The summed E-state index contributed by atoms with van der Waals surface area (Å²) in [6, 6.07) is 0. The molecule has 0 spiro atoms. The minimum atomic E-state index is -0.644. The van der Waals surface area contributed by atoms with E-state index < -0.39 is 24.3 Å². The number of epoxide rings is 1. The molecule has 2 bridgehead atoms. The van der Waals surface area contributed by atoms with E-state index in [2.05, 4.69) is 38.7 Å². The normalized spacial score (nSPS) is 38.1. The Labute approximate surface area is 227 Å². The molecular formula is C31H44O7. The van der Waals surface area contributed by atoms with Crippen LogP contribution in [0, 0.1) is 5.92 Å². The summed E-state index contributed by atoms with van der Waals surface area (Å²) in [5.74, 6) is -0.0337. The number of esters is 1. The van der Waals surface area contributed by atoms with Gasteiger partial charge in [-0.3, -0.25) is 0 Å². The average molecular weight is 529 g/mol. The number of aliphatic hydroxyl groups excluding tert-OH is 1. The van der Waals surface area contributed by atoms with E-state index in [1.807, 2.05) is 18.2 Å². The smallest absolute Gasteiger partial charge is 0.330 e. The van der Waals surface area contributed by atoms with Crippen molar-refractivity contribution in [2.24, 2.45) is 5.92 Å². The molecule has 1 fully saturated rings. The molecule has 7 heteroatoms. The first kappa shape index (κ1) is 29.0. The van der Waals surface area contributed by atoms with Gasteiger partial charge in [0.2, 0.25) is 0 Å². The van der Waals surface area contributed by atoms with E-state index in [1.54, 1.807) is 7.11 Å². The lowest BCUT2D eigenvalue weighted by Gasteiger charge is -2.28. The van der Waals surface area contributed by atoms with E-state index in [1.165, 1.54) is 11.6 Å². The molecule has 4 heterocycles. The molecule has 0 aromatic carbocycles. The van der Waals surface area contributed by atoms with Crippen molar-refractivity contribution in [1.29, 1.82) is 0 Å². The summed E-state index contributed by atoms with van der Waals surface area (Å²) < 4.78 is 29.6. The number of aliphatic hydroxyl groups is 1. The number of hydrogen-bond acceptors (Lipinski definition) is 7. The van der Waals surface area contributed by atoms with Gasteiger partial charge >= 0.3 is 5.97 Å². The maximum absolute atomic E-state index is 12.8. The number of carbonyl (C=O) groups is 1. The van der Waals surface area contributed by atoms with Crippen LogP contribution in [-0.2, 0) is 28.5 Å². The van der Waals surface area contributed by atoms with Crippen molar-refractivity contribution in [2.45, 2.75) is 108 Å². The van der Waals surface area contributed by atoms with Gasteiger partial charge in [0.05, 0.1) is 37.1 Å². The second kappa shape index (κ2) is 13.9. The van der Waals surface area contributed by atoms with Crippen molar-refractivity contribution in [3.05, 3.63) is 60.3 Å². The predicted octanol–water partition coefficient (Wildman–Crippen LogP) is 4.76. The molecule has 0 amide bonds. The molecule has 0 aromatic rings. The van der Waals surface area contributed by atoms with Crippen LogP contribution in [0.1, 0.15) is 58.8 Å². The number of ether oxygens (including phenoxy) is 5. The number of cyclic esters (lactones) is 1. The van der Waals surface area contributed by atoms with Gasteiger partial charge in [-0.05, 0) is 51.4 Å². The van der Waals surface area contributed by atoms with E-state index in [-0.39, 0.29) is 30.5 Å². The van der Waals surface area contributed by atoms with Crippen LogP contribution in [0.15, 0.2) is 60.3 Å². The van der Waals surface area contributed by atoms with Gasteiger partial charge in [0.15, 0.2) is 0 Å². The number of hydrogen-bond donors (Lipinski definition) is 1. The summed E-state index contributed by atoms with van der Waals surface area (Å²) in [5, 5.41) is 10.8. The lowest BCUT2D eigenvalue weighted by molar-refractivity contribution is -0.149. The minimum absolute atomic E-state index is 0.0417. The van der Waals surface area contributed by atoms with Gasteiger partial charge < -0.3 is 28.8 Å². The molecule has 9 unspecified atom stereocenters. The topological polar surface area (TPSA) is 86.8 Å². The lowest BCUT2D eigenvalue weighted by Crippen LogP contribution is -2.34. The van der Waals surface area contributed by atoms with Gasteiger partial charge in [-0.1, -0.05) is 61.1 Å². The van der Waals surface area contributed by atoms with Gasteiger partial charge in [0, 0.05) is 19.6 Å². The molecule has 4 rings (SSSR count). The summed E-state index contributed by atoms with van der Waals surface area (Å²) in [5.41, 5.74) is 2.30. The average Bonchev–Trinajstić information content (AvgIpc) is 3.63. The van der Waals surface area contributed by atoms with E-state index in [9.17, 15) is 9.90 Å².